The highest BCUT2D eigenvalue weighted by Gasteiger charge is 2.19. The summed E-state index contributed by atoms with van der Waals surface area (Å²) in [6.07, 6.45) is 7.24. The van der Waals surface area contributed by atoms with E-state index in [9.17, 15) is 4.79 Å². The van der Waals surface area contributed by atoms with Gasteiger partial charge in [0.1, 0.15) is 17.2 Å². The third-order valence-electron chi connectivity index (χ3n) is 2.89. The minimum atomic E-state index is -0.449. The zero-order valence-electron chi connectivity index (χ0n) is 12.5. The van der Waals surface area contributed by atoms with Gasteiger partial charge in [-0.2, -0.15) is 23.3 Å². The first-order valence-electron chi connectivity index (χ1n) is 6.61. The van der Waals surface area contributed by atoms with Crippen LogP contribution in [-0.4, -0.2) is 40.6 Å². The zero-order chi connectivity index (χ0) is 16.2. The van der Waals surface area contributed by atoms with Crippen molar-refractivity contribution in [2.45, 2.75) is 13.0 Å². The predicted molar refractivity (Wildman–Crippen MR) is 90.3 cm³/mol. The Morgan fingerprint density at radius 2 is 2.00 bits per heavy atom. The summed E-state index contributed by atoms with van der Waals surface area (Å²) < 4.78 is 1.45. The van der Waals surface area contributed by atoms with Gasteiger partial charge < -0.3 is 5.32 Å². The molecule has 0 spiro atoms. The van der Waals surface area contributed by atoms with Crippen molar-refractivity contribution < 1.29 is 4.79 Å². The fourth-order valence-electron chi connectivity index (χ4n) is 1.89. The molecule has 1 N–H and O–H groups in total. The first kappa shape index (κ1) is 17.8. The van der Waals surface area contributed by atoms with Gasteiger partial charge in [0.15, 0.2) is 5.82 Å². The van der Waals surface area contributed by atoms with Crippen molar-refractivity contribution in [3.05, 3.63) is 53.9 Å². The van der Waals surface area contributed by atoms with Crippen LogP contribution in [0.1, 0.15) is 29.3 Å². The Labute approximate surface area is 149 Å². The topological polar surface area (TPSA) is 111 Å². The molecule has 0 saturated carbocycles. The van der Waals surface area contributed by atoms with Crippen molar-refractivity contribution in [3.8, 4) is 5.95 Å². The third kappa shape index (κ3) is 3.84. The molecule has 0 bridgehead atoms. The van der Waals surface area contributed by atoms with Gasteiger partial charge in [0, 0.05) is 12.4 Å². The van der Waals surface area contributed by atoms with Gasteiger partial charge in [-0.05, 0) is 13.0 Å². The van der Waals surface area contributed by atoms with Gasteiger partial charge in [0.2, 0.25) is 0 Å². The summed E-state index contributed by atoms with van der Waals surface area (Å²) in [7, 11) is 0. The molecule has 11 heteroatoms. The van der Waals surface area contributed by atoms with E-state index in [-0.39, 0.29) is 24.3 Å². The highest BCUT2D eigenvalue weighted by Crippen LogP contribution is 2.12. The molecule has 0 saturated heterocycles. The molecule has 124 valence electrons. The number of aromatic nitrogens is 7. The van der Waals surface area contributed by atoms with E-state index >= 15 is 0 Å². The van der Waals surface area contributed by atoms with Crippen molar-refractivity contribution in [1.82, 2.24) is 40.0 Å². The molecule has 0 aliphatic rings. The summed E-state index contributed by atoms with van der Waals surface area (Å²) in [5.41, 5.74) is 0.117. The van der Waals surface area contributed by atoms with Crippen LogP contribution < -0.4 is 5.32 Å². The molecule has 3 aromatic rings. The number of hydrogen-bond acceptors (Lipinski definition) is 7. The van der Waals surface area contributed by atoms with Crippen LogP contribution in [0.15, 0.2) is 37.2 Å². The van der Waals surface area contributed by atoms with E-state index in [1.54, 1.807) is 25.4 Å². The van der Waals surface area contributed by atoms with E-state index in [0.29, 0.717) is 11.8 Å². The highest BCUT2D eigenvalue weighted by atomic mass is 35.5. The van der Waals surface area contributed by atoms with Gasteiger partial charge in [-0.15, -0.1) is 0 Å². The van der Waals surface area contributed by atoms with Gasteiger partial charge in [-0.1, -0.05) is 11.6 Å². The van der Waals surface area contributed by atoms with Crippen LogP contribution >= 0.6 is 25.1 Å². The maximum Gasteiger partial charge on any atom is 0.272 e. The Morgan fingerprint density at radius 3 is 2.71 bits per heavy atom. The Kier molecular flexibility index (Phi) is 5.77. The average Bonchev–Trinajstić information content (AvgIpc) is 3.05. The Balaban J connectivity index is 0.00000208. The summed E-state index contributed by atoms with van der Waals surface area (Å²) in [4.78, 5) is 32.3. The number of rotatable bonds is 4. The van der Waals surface area contributed by atoms with Crippen LogP contribution in [0.25, 0.3) is 5.95 Å². The minimum absolute atomic E-state index is 0. The summed E-state index contributed by atoms with van der Waals surface area (Å²) in [5, 5.41) is 6.98. The largest absolute Gasteiger partial charge is 0.341 e. The van der Waals surface area contributed by atoms with Gasteiger partial charge in [0.05, 0.1) is 18.4 Å². The summed E-state index contributed by atoms with van der Waals surface area (Å²) in [5.74, 6) is 0.430. The van der Waals surface area contributed by atoms with Crippen LogP contribution in [0.2, 0.25) is 5.15 Å². The van der Waals surface area contributed by atoms with Crippen LogP contribution in [0, 0.1) is 0 Å². The van der Waals surface area contributed by atoms with Gasteiger partial charge in [-0.25, -0.2) is 19.9 Å². The number of nitrogens with zero attached hydrogens (tertiary/aromatic N) is 7. The minimum Gasteiger partial charge on any atom is -0.341 e. The lowest BCUT2D eigenvalue weighted by molar-refractivity contribution is 0.0932. The average molecular weight is 365 g/mol. The second kappa shape index (κ2) is 7.79. The second-order valence-electron chi connectivity index (χ2n) is 4.50. The molecule has 24 heavy (non-hydrogen) atoms. The molecule has 0 fully saturated rings. The molecule has 0 aliphatic carbocycles. The van der Waals surface area contributed by atoms with Crippen LogP contribution in [-0.2, 0) is 0 Å². The molecule has 1 atom stereocenters. The lowest BCUT2D eigenvalue weighted by atomic mass is 10.3. The Morgan fingerprint density at radius 1 is 1.25 bits per heavy atom. The maximum atomic E-state index is 12.2. The third-order valence-corrected chi connectivity index (χ3v) is 3.07. The van der Waals surface area contributed by atoms with Crippen LogP contribution in [0.4, 0.5) is 0 Å². The first-order chi connectivity index (χ1) is 11.1. The predicted octanol–water partition coefficient (Wildman–Crippen LogP) is 1.10. The fourth-order valence-corrected chi connectivity index (χ4v) is 2.03. The molecular weight excluding hydrogens is 352 g/mol. The number of carbonyl (C=O) groups is 1. The van der Waals surface area contributed by atoms with E-state index in [4.69, 9.17) is 11.6 Å². The normalized spacial score (nSPS) is 11.4. The molecule has 0 aromatic carbocycles. The SMILES string of the molecule is C[C@H](NC(=O)c1cncc(Cl)n1)c1ncnn1-c1ncccn1.S. The maximum absolute atomic E-state index is 12.2. The molecule has 3 heterocycles. The standard InChI is InChI=1S/C13H11ClN8O.H2S/c1-8(20-12(23)9-5-15-6-10(14)21-9)11-18-7-19-22(11)13-16-3-2-4-17-13;/h2-8H,1H3,(H,20,23);1H2/t8-;/m0./s1. The molecule has 3 rings (SSSR count). The van der Waals surface area contributed by atoms with Crippen LogP contribution in [0.3, 0.4) is 0 Å². The van der Waals surface area contributed by atoms with E-state index in [1.807, 2.05) is 0 Å². The lowest BCUT2D eigenvalue weighted by Gasteiger charge is -2.13. The smallest absolute Gasteiger partial charge is 0.272 e. The molecule has 0 aliphatic heterocycles. The van der Waals surface area contributed by atoms with Gasteiger partial charge in [-0.3, -0.25) is 9.78 Å². The lowest BCUT2D eigenvalue weighted by Crippen LogP contribution is -2.29. The molecular formula is C13H13ClN8OS. The highest BCUT2D eigenvalue weighted by molar-refractivity contribution is 7.59. The molecule has 0 radical (unpaired) electrons. The summed E-state index contributed by atoms with van der Waals surface area (Å²) in [6, 6.07) is 1.25. The van der Waals surface area contributed by atoms with Gasteiger partial charge in [0.25, 0.3) is 11.9 Å². The second-order valence-corrected chi connectivity index (χ2v) is 4.89. The first-order valence-corrected chi connectivity index (χ1v) is 6.98. The fraction of sp³-hybridized carbons (Fsp3) is 0.154. The van der Waals surface area contributed by atoms with Crippen molar-refractivity contribution >= 4 is 31.0 Å². The van der Waals surface area contributed by atoms with E-state index in [0.717, 1.165) is 0 Å². The number of nitrogens with one attached hydrogen (secondary N) is 1. The monoisotopic (exact) mass is 364 g/mol. The zero-order valence-corrected chi connectivity index (χ0v) is 14.2. The number of halogens is 1. The number of amides is 1. The Bertz CT molecular complexity index is 828. The molecule has 1 amide bonds. The van der Waals surface area contributed by atoms with Gasteiger partial charge >= 0.3 is 0 Å². The van der Waals surface area contributed by atoms with Crippen molar-refractivity contribution in [2.24, 2.45) is 0 Å². The number of carbonyl (C=O) groups excluding carboxylic acids is 1. The van der Waals surface area contributed by atoms with Crippen molar-refractivity contribution in [3.63, 3.8) is 0 Å². The van der Waals surface area contributed by atoms with Crippen molar-refractivity contribution in [1.29, 1.82) is 0 Å². The molecule has 3 aromatic heterocycles. The van der Waals surface area contributed by atoms with E-state index in [2.05, 4.69) is 35.3 Å². The molecule has 9 nitrogen and oxygen atoms in total. The van der Waals surface area contributed by atoms with E-state index in [1.165, 1.54) is 23.4 Å². The number of hydrogen-bond donors (Lipinski definition) is 1. The van der Waals surface area contributed by atoms with Crippen molar-refractivity contribution in [2.75, 3.05) is 0 Å². The molecule has 0 unspecified atom stereocenters. The summed E-state index contributed by atoms with van der Waals surface area (Å²) >= 11 is 5.73. The van der Waals surface area contributed by atoms with Crippen LogP contribution in [0.5, 0.6) is 0 Å². The quantitative estimate of drug-likeness (QED) is 0.737. The Hall–Kier alpha value is -2.59. The summed E-state index contributed by atoms with van der Waals surface area (Å²) in [6.45, 7) is 1.76. The van der Waals surface area contributed by atoms with E-state index < -0.39 is 11.9 Å².